The van der Waals surface area contributed by atoms with Crippen LogP contribution in [-0.4, -0.2) is 83.9 Å². The van der Waals surface area contributed by atoms with Gasteiger partial charge in [-0.2, -0.15) is 0 Å². The summed E-state index contributed by atoms with van der Waals surface area (Å²) in [6, 6.07) is 9.01. The molecule has 2 fully saturated rings. The van der Waals surface area contributed by atoms with Crippen molar-refractivity contribution in [2.24, 2.45) is 0 Å². The number of carbonyl (C=O) groups excluding carboxylic acids is 2. The van der Waals surface area contributed by atoms with Crippen LogP contribution in [0.25, 0.3) is 21.9 Å². The van der Waals surface area contributed by atoms with E-state index in [1.165, 1.54) is 44.6 Å². The van der Waals surface area contributed by atoms with E-state index >= 15 is 0 Å². The average molecular weight is 730 g/mol. The fourth-order valence-corrected chi connectivity index (χ4v) is 5.84. The summed E-state index contributed by atoms with van der Waals surface area (Å²) in [5.41, 5.74) is 1.96. The van der Waals surface area contributed by atoms with Gasteiger partial charge in [-0.15, -0.1) is 0 Å². The van der Waals surface area contributed by atoms with E-state index in [9.17, 15) is 24.3 Å². The molecule has 2 saturated heterocycles. The highest BCUT2D eigenvalue weighted by molar-refractivity contribution is 9.09. The van der Waals surface area contributed by atoms with Crippen LogP contribution in [0, 0.1) is 0 Å². The molecule has 4 heterocycles. The number of nitrogens with zero attached hydrogens (tertiary/aromatic N) is 2. The smallest absolute Gasteiger partial charge is 0.337 e. The van der Waals surface area contributed by atoms with Gasteiger partial charge in [0, 0.05) is 54.3 Å². The standard InChI is InChI=1S/C17H18BrNO5.C17H19NO6/c1-10(18)12-7-11(17(21)22-2)8-13-14(20)9-15(24-16(12)13)19-3-5-23-6-4-19;1-10(19)12-7-11(17(21)22-2)8-13-14(20)9-15(24-16(12)13)18-3-5-23-6-4-18/h7-10H,3-6H2,1-2H3;7-10,19H,3-6H2,1-2H3. The number of aliphatic hydroxyl groups is 1. The lowest BCUT2D eigenvalue weighted by atomic mass is 10.0. The molecule has 0 spiro atoms. The number of aliphatic hydroxyl groups excluding tert-OH is 1. The van der Waals surface area contributed by atoms with Crippen molar-refractivity contribution in [3.8, 4) is 0 Å². The van der Waals surface area contributed by atoms with Crippen molar-refractivity contribution in [3.05, 3.63) is 79.1 Å². The molecule has 0 aliphatic carbocycles. The van der Waals surface area contributed by atoms with Crippen LogP contribution in [0.5, 0.6) is 0 Å². The Morgan fingerprint density at radius 1 is 0.708 bits per heavy atom. The van der Waals surface area contributed by atoms with E-state index in [0.29, 0.717) is 86.5 Å². The summed E-state index contributed by atoms with van der Waals surface area (Å²) in [5, 5.41) is 10.7. The van der Waals surface area contributed by atoms with E-state index in [2.05, 4.69) is 15.9 Å². The van der Waals surface area contributed by atoms with Gasteiger partial charge < -0.3 is 42.7 Å². The molecule has 2 aliphatic rings. The second-order valence-electron chi connectivity index (χ2n) is 11.3. The Labute approximate surface area is 284 Å². The molecule has 2 unspecified atom stereocenters. The van der Waals surface area contributed by atoms with Crippen molar-refractivity contribution in [3.63, 3.8) is 0 Å². The maximum atomic E-state index is 12.6. The quantitative estimate of drug-likeness (QED) is 0.221. The lowest BCUT2D eigenvalue weighted by Crippen LogP contribution is -2.36. The summed E-state index contributed by atoms with van der Waals surface area (Å²) in [6.45, 7) is 8.39. The SMILES string of the molecule is COC(=O)c1cc(C(C)Br)c2oc(N3CCOCC3)cc(=O)c2c1.COC(=O)c1cc(C(C)O)c2oc(N3CCOCC3)cc(=O)c2c1. The van der Waals surface area contributed by atoms with E-state index in [1.54, 1.807) is 13.0 Å². The number of anilines is 2. The third-order valence-electron chi connectivity index (χ3n) is 8.05. The predicted octanol–water partition coefficient (Wildman–Crippen LogP) is 4.34. The topological polar surface area (TPSA) is 158 Å². The lowest BCUT2D eigenvalue weighted by Gasteiger charge is -2.27. The van der Waals surface area contributed by atoms with E-state index in [4.69, 9.17) is 27.8 Å². The Morgan fingerprint density at radius 3 is 1.48 bits per heavy atom. The normalized spacial score (nSPS) is 16.2. The number of carbonyl (C=O) groups is 2. The number of rotatable bonds is 6. The summed E-state index contributed by atoms with van der Waals surface area (Å²) in [6.07, 6.45) is -0.903. The molecule has 2 aromatic carbocycles. The van der Waals surface area contributed by atoms with Gasteiger partial charge in [-0.1, -0.05) is 15.9 Å². The van der Waals surface area contributed by atoms with E-state index < -0.39 is 18.0 Å². The second kappa shape index (κ2) is 15.3. The number of hydrogen-bond donors (Lipinski definition) is 1. The summed E-state index contributed by atoms with van der Waals surface area (Å²) in [5.74, 6) is -0.0991. The van der Waals surface area contributed by atoms with Crippen LogP contribution in [0.15, 0.2) is 54.8 Å². The molecule has 48 heavy (non-hydrogen) atoms. The highest BCUT2D eigenvalue weighted by Crippen LogP contribution is 2.32. The largest absolute Gasteiger partial charge is 0.465 e. The molecule has 256 valence electrons. The summed E-state index contributed by atoms with van der Waals surface area (Å²) in [4.78, 5) is 52.6. The number of benzene rings is 2. The Balaban J connectivity index is 0.000000188. The van der Waals surface area contributed by atoms with Crippen LogP contribution < -0.4 is 20.7 Å². The van der Waals surface area contributed by atoms with E-state index in [0.717, 1.165) is 5.56 Å². The zero-order valence-electron chi connectivity index (χ0n) is 27.1. The van der Waals surface area contributed by atoms with Crippen molar-refractivity contribution in [1.82, 2.24) is 0 Å². The van der Waals surface area contributed by atoms with Crippen LogP contribution in [0.4, 0.5) is 11.8 Å². The van der Waals surface area contributed by atoms with Gasteiger partial charge >= 0.3 is 11.9 Å². The van der Waals surface area contributed by atoms with Crippen LogP contribution in [0.1, 0.15) is 56.6 Å². The Kier molecular flexibility index (Phi) is 11.2. The van der Waals surface area contributed by atoms with Crippen molar-refractivity contribution in [2.45, 2.75) is 24.8 Å². The minimum Gasteiger partial charge on any atom is -0.465 e. The first kappa shape index (κ1) is 35.1. The fraction of sp³-hybridized carbons (Fsp3) is 0.412. The van der Waals surface area contributed by atoms with Gasteiger partial charge in [-0.3, -0.25) is 9.59 Å². The number of fused-ring (bicyclic) bond motifs is 2. The Morgan fingerprint density at radius 2 is 1.10 bits per heavy atom. The van der Waals surface area contributed by atoms with Crippen LogP contribution >= 0.6 is 15.9 Å². The number of alkyl halides is 1. The van der Waals surface area contributed by atoms with Crippen molar-refractivity contribution < 1.29 is 42.5 Å². The zero-order chi connectivity index (χ0) is 34.5. The Hall–Kier alpha value is -4.24. The molecular formula is C34H37BrN2O11. The summed E-state index contributed by atoms with van der Waals surface area (Å²) < 4.78 is 32.0. The Bertz CT molecular complexity index is 1780. The molecule has 1 N–H and O–H groups in total. The summed E-state index contributed by atoms with van der Waals surface area (Å²) >= 11 is 3.51. The van der Waals surface area contributed by atoms with Gasteiger partial charge in [0.05, 0.1) is 68.7 Å². The van der Waals surface area contributed by atoms with Gasteiger partial charge in [0.1, 0.15) is 11.2 Å². The average Bonchev–Trinajstić information content (AvgIpc) is 3.11. The lowest BCUT2D eigenvalue weighted by molar-refractivity contribution is 0.0591. The molecule has 0 radical (unpaired) electrons. The molecule has 2 atom stereocenters. The molecular weight excluding hydrogens is 692 g/mol. The van der Waals surface area contributed by atoms with E-state index in [-0.39, 0.29) is 32.2 Å². The monoisotopic (exact) mass is 728 g/mol. The molecule has 13 nitrogen and oxygen atoms in total. The first-order chi connectivity index (χ1) is 23.0. The molecule has 14 heteroatoms. The predicted molar refractivity (Wildman–Crippen MR) is 182 cm³/mol. The van der Waals surface area contributed by atoms with Gasteiger partial charge in [0.25, 0.3) is 0 Å². The first-order valence-corrected chi connectivity index (χ1v) is 16.3. The number of methoxy groups -OCH3 is 2. The molecule has 2 aliphatic heterocycles. The first-order valence-electron chi connectivity index (χ1n) is 15.4. The molecule has 6 rings (SSSR count). The molecule has 4 aromatic rings. The fourth-order valence-electron chi connectivity index (χ4n) is 5.50. The number of morpholine rings is 2. The number of hydrogen-bond acceptors (Lipinski definition) is 13. The van der Waals surface area contributed by atoms with Gasteiger partial charge in [-0.25, -0.2) is 9.59 Å². The van der Waals surface area contributed by atoms with Crippen LogP contribution in [0.2, 0.25) is 0 Å². The number of ether oxygens (including phenoxy) is 4. The number of esters is 2. The molecule has 0 saturated carbocycles. The van der Waals surface area contributed by atoms with E-state index in [1.807, 2.05) is 16.7 Å². The third kappa shape index (κ3) is 7.57. The van der Waals surface area contributed by atoms with Crippen LogP contribution in [-0.2, 0) is 18.9 Å². The molecule has 0 amide bonds. The minimum atomic E-state index is -0.903. The second-order valence-corrected chi connectivity index (χ2v) is 12.6. The van der Waals surface area contributed by atoms with Crippen LogP contribution in [0.3, 0.4) is 0 Å². The van der Waals surface area contributed by atoms with Gasteiger partial charge in [-0.05, 0) is 38.1 Å². The highest BCUT2D eigenvalue weighted by atomic mass is 79.9. The highest BCUT2D eigenvalue weighted by Gasteiger charge is 2.22. The minimum absolute atomic E-state index is 0.0901. The molecule has 0 bridgehead atoms. The van der Waals surface area contributed by atoms with Gasteiger partial charge in [0.15, 0.2) is 22.6 Å². The maximum Gasteiger partial charge on any atom is 0.337 e. The molecule has 2 aromatic heterocycles. The van der Waals surface area contributed by atoms with Crippen molar-refractivity contribution in [1.29, 1.82) is 0 Å². The number of halogens is 1. The van der Waals surface area contributed by atoms with Gasteiger partial charge in [0.2, 0.25) is 0 Å². The summed E-state index contributed by atoms with van der Waals surface area (Å²) in [7, 11) is 2.58. The van der Waals surface area contributed by atoms with Crippen molar-refractivity contribution >= 4 is 61.6 Å². The zero-order valence-corrected chi connectivity index (χ0v) is 28.7. The third-order valence-corrected chi connectivity index (χ3v) is 8.55. The van der Waals surface area contributed by atoms with Crippen molar-refractivity contribution in [2.75, 3.05) is 76.6 Å². The maximum absolute atomic E-state index is 12.6.